The molecular weight excluding hydrogens is 358 g/mol. The average molecular weight is 379 g/mol. The molecule has 144 valence electrons. The third-order valence-electron chi connectivity index (χ3n) is 4.93. The van der Waals surface area contributed by atoms with Gasteiger partial charge in [-0.3, -0.25) is 4.79 Å². The molecule has 4 rings (SSSR count). The second kappa shape index (κ2) is 7.82. The molecule has 0 radical (unpaired) electrons. The molecule has 7 nitrogen and oxygen atoms in total. The van der Waals surface area contributed by atoms with Crippen molar-refractivity contribution in [2.75, 3.05) is 18.5 Å². The Hall–Kier alpha value is -3.19. The van der Waals surface area contributed by atoms with Gasteiger partial charge in [0.15, 0.2) is 0 Å². The summed E-state index contributed by atoms with van der Waals surface area (Å²) in [7, 11) is 0. The van der Waals surface area contributed by atoms with E-state index >= 15 is 0 Å². The first-order chi connectivity index (χ1) is 13.6. The van der Waals surface area contributed by atoms with Gasteiger partial charge in [0, 0.05) is 42.8 Å². The van der Waals surface area contributed by atoms with Crippen LogP contribution in [0.4, 0.5) is 5.69 Å². The van der Waals surface area contributed by atoms with Gasteiger partial charge in [-0.15, -0.1) is 0 Å². The first kappa shape index (κ1) is 18.2. The number of rotatable bonds is 4. The smallest absolute Gasteiger partial charge is 0.349 e. The van der Waals surface area contributed by atoms with E-state index in [0.29, 0.717) is 30.2 Å². The fourth-order valence-corrected chi connectivity index (χ4v) is 3.42. The molecule has 1 aliphatic rings. The highest BCUT2D eigenvalue weighted by Gasteiger charge is 2.23. The zero-order valence-corrected chi connectivity index (χ0v) is 15.5. The monoisotopic (exact) mass is 379 g/mol. The molecule has 0 atom stereocenters. The number of ether oxygens (including phenoxy) is 1. The van der Waals surface area contributed by atoms with Crippen LogP contribution >= 0.6 is 0 Å². The number of nitrogens with zero attached hydrogens (tertiary/aromatic N) is 1. The summed E-state index contributed by atoms with van der Waals surface area (Å²) >= 11 is 0. The number of aromatic amines is 1. The maximum Gasteiger partial charge on any atom is 0.349 e. The van der Waals surface area contributed by atoms with Crippen LogP contribution in [0, 0.1) is 6.92 Å². The van der Waals surface area contributed by atoms with Crippen molar-refractivity contribution in [3.8, 4) is 11.4 Å². The number of anilines is 1. The number of hydrogen-bond donors (Lipinski definition) is 2. The summed E-state index contributed by atoms with van der Waals surface area (Å²) in [5, 5.41) is 2.76. The summed E-state index contributed by atoms with van der Waals surface area (Å²) in [6.45, 7) is 3.07. The van der Waals surface area contributed by atoms with Crippen molar-refractivity contribution in [3.63, 3.8) is 0 Å². The van der Waals surface area contributed by atoms with E-state index < -0.39 is 11.5 Å². The molecule has 0 bridgehead atoms. The topological polar surface area (TPSA) is 97.2 Å². The Balaban J connectivity index is 1.52. The van der Waals surface area contributed by atoms with Crippen LogP contribution in [-0.2, 0) is 4.74 Å². The van der Waals surface area contributed by atoms with E-state index in [0.717, 1.165) is 24.2 Å². The van der Waals surface area contributed by atoms with E-state index in [9.17, 15) is 9.59 Å². The zero-order valence-electron chi connectivity index (χ0n) is 15.5. The van der Waals surface area contributed by atoms with Gasteiger partial charge in [0.05, 0.1) is 0 Å². The summed E-state index contributed by atoms with van der Waals surface area (Å²) in [6, 6.07) is 9.02. The Morgan fingerprint density at radius 1 is 1.21 bits per heavy atom. The summed E-state index contributed by atoms with van der Waals surface area (Å²) in [6.07, 6.45) is 5.06. The molecule has 0 spiro atoms. The first-order valence-electron chi connectivity index (χ1n) is 9.25. The van der Waals surface area contributed by atoms with Crippen LogP contribution in [0.25, 0.3) is 11.4 Å². The number of nitrogens with one attached hydrogen (secondary N) is 2. The highest BCUT2D eigenvalue weighted by Crippen LogP contribution is 2.27. The fourth-order valence-electron chi connectivity index (χ4n) is 3.42. The molecule has 1 aromatic carbocycles. The molecule has 1 saturated heterocycles. The van der Waals surface area contributed by atoms with Crippen molar-refractivity contribution in [2.45, 2.75) is 25.7 Å². The molecule has 0 aliphatic carbocycles. The summed E-state index contributed by atoms with van der Waals surface area (Å²) in [4.78, 5) is 32.3. The molecule has 2 N–H and O–H groups in total. The first-order valence-corrected chi connectivity index (χ1v) is 9.25. The number of amides is 1. The number of imidazole rings is 1. The molecule has 3 heterocycles. The minimum Gasteiger partial charge on any atom is -0.427 e. The number of aromatic nitrogens is 2. The van der Waals surface area contributed by atoms with Gasteiger partial charge in [-0.2, -0.15) is 0 Å². The number of hydrogen-bond acceptors (Lipinski definition) is 5. The van der Waals surface area contributed by atoms with Crippen LogP contribution in [0.1, 0.15) is 40.4 Å². The van der Waals surface area contributed by atoms with Gasteiger partial charge >= 0.3 is 5.63 Å². The Morgan fingerprint density at radius 2 is 1.96 bits per heavy atom. The predicted octanol–water partition coefficient (Wildman–Crippen LogP) is 3.48. The fraction of sp³-hybridized carbons (Fsp3) is 0.286. The normalized spacial score (nSPS) is 14.8. The number of carbonyl (C=O) groups excluding carboxylic acids is 1. The summed E-state index contributed by atoms with van der Waals surface area (Å²) in [5.41, 5.74) is 1.53. The Kier molecular flexibility index (Phi) is 5.08. The van der Waals surface area contributed by atoms with E-state index in [1.165, 1.54) is 0 Å². The number of H-pyrrole nitrogens is 1. The molecule has 1 fully saturated rings. The standard InChI is InChI=1S/C21H21N3O4/c1-13-12-17(14-6-10-27-11-7-14)28-21(26)18(13)20(25)24-16-4-2-15(3-5-16)19-22-8-9-23-19/h2-5,8-9,12,14H,6-7,10-11H2,1H3,(H,22,23)(H,24,25). The van der Waals surface area contributed by atoms with Crippen molar-refractivity contribution < 1.29 is 13.9 Å². The Bertz CT molecular complexity index is 1020. The SMILES string of the molecule is Cc1cc(C2CCOCC2)oc(=O)c1C(=O)Nc1ccc(-c2ncc[nH]2)cc1. The summed E-state index contributed by atoms with van der Waals surface area (Å²) in [5.74, 6) is 1.06. The minimum atomic E-state index is -0.605. The van der Waals surface area contributed by atoms with Gasteiger partial charge in [-0.05, 0) is 55.7 Å². The van der Waals surface area contributed by atoms with E-state index in [1.54, 1.807) is 37.5 Å². The second-order valence-electron chi connectivity index (χ2n) is 6.85. The van der Waals surface area contributed by atoms with Gasteiger partial charge in [0.25, 0.3) is 5.91 Å². The number of carbonyl (C=O) groups is 1. The van der Waals surface area contributed by atoms with Gasteiger partial charge in [-0.25, -0.2) is 9.78 Å². The van der Waals surface area contributed by atoms with Gasteiger partial charge in [0.1, 0.15) is 17.1 Å². The highest BCUT2D eigenvalue weighted by molar-refractivity contribution is 6.05. The maximum absolute atomic E-state index is 12.6. The van der Waals surface area contributed by atoms with Crippen molar-refractivity contribution in [1.82, 2.24) is 9.97 Å². The van der Waals surface area contributed by atoms with Gasteiger partial charge < -0.3 is 19.5 Å². The van der Waals surface area contributed by atoms with Gasteiger partial charge in [0.2, 0.25) is 0 Å². The van der Waals surface area contributed by atoms with Gasteiger partial charge in [-0.1, -0.05) is 0 Å². The number of benzene rings is 1. The lowest BCUT2D eigenvalue weighted by atomic mass is 9.95. The molecular formula is C21H21N3O4. The van der Waals surface area contributed by atoms with Crippen molar-refractivity contribution in [1.29, 1.82) is 0 Å². The lowest BCUT2D eigenvalue weighted by Gasteiger charge is -2.21. The zero-order chi connectivity index (χ0) is 19.5. The third kappa shape index (κ3) is 3.75. The molecule has 3 aromatic rings. The second-order valence-corrected chi connectivity index (χ2v) is 6.85. The quantitative estimate of drug-likeness (QED) is 0.723. The third-order valence-corrected chi connectivity index (χ3v) is 4.93. The molecule has 28 heavy (non-hydrogen) atoms. The Morgan fingerprint density at radius 3 is 2.61 bits per heavy atom. The largest absolute Gasteiger partial charge is 0.427 e. The van der Waals surface area contributed by atoms with Crippen LogP contribution < -0.4 is 10.9 Å². The molecule has 0 saturated carbocycles. The lowest BCUT2D eigenvalue weighted by Crippen LogP contribution is -2.24. The van der Waals surface area contributed by atoms with Crippen molar-refractivity contribution in [3.05, 3.63) is 70.0 Å². The maximum atomic E-state index is 12.6. The summed E-state index contributed by atoms with van der Waals surface area (Å²) < 4.78 is 10.8. The van der Waals surface area contributed by atoms with E-state index in [4.69, 9.17) is 9.15 Å². The molecule has 0 unspecified atom stereocenters. The average Bonchev–Trinajstić information content (AvgIpc) is 3.23. The highest BCUT2D eigenvalue weighted by atomic mass is 16.5. The van der Waals surface area contributed by atoms with Crippen molar-refractivity contribution in [2.24, 2.45) is 0 Å². The molecule has 1 amide bonds. The van der Waals surface area contributed by atoms with E-state index in [2.05, 4.69) is 15.3 Å². The molecule has 2 aromatic heterocycles. The van der Waals surface area contributed by atoms with Crippen LogP contribution in [0.15, 0.2) is 51.9 Å². The van der Waals surface area contributed by atoms with E-state index in [1.807, 2.05) is 12.1 Å². The van der Waals surface area contributed by atoms with Crippen molar-refractivity contribution >= 4 is 11.6 Å². The number of aryl methyl sites for hydroxylation is 1. The van der Waals surface area contributed by atoms with Crippen LogP contribution in [0.3, 0.4) is 0 Å². The van der Waals surface area contributed by atoms with E-state index in [-0.39, 0.29) is 11.5 Å². The Labute approximate surface area is 161 Å². The van der Waals surface area contributed by atoms with Crippen LogP contribution in [-0.4, -0.2) is 29.1 Å². The van der Waals surface area contributed by atoms with Crippen LogP contribution in [0.2, 0.25) is 0 Å². The van der Waals surface area contributed by atoms with Crippen LogP contribution in [0.5, 0.6) is 0 Å². The minimum absolute atomic E-state index is 0.0333. The molecule has 1 aliphatic heterocycles. The predicted molar refractivity (Wildman–Crippen MR) is 104 cm³/mol. The molecule has 7 heteroatoms. The lowest BCUT2D eigenvalue weighted by molar-refractivity contribution is 0.0796.